The third-order valence-corrected chi connectivity index (χ3v) is 2.33. The number of hydrogen-bond acceptors (Lipinski definition) is 1. The minimum absolute atomic E-state index is 0.688. The lowest BCUT2D eigenvalue weighted by molar-refractivity contribution is 1.20. The first-order valence-corrected chi connectivity index (χ1v) is 5.07. The summed E-state index contributed by atoms with van der Waals surface area (Å²) in [6.07, 6.45) is 8.67. The summed E-state index contributed by atoms with van der Waals surface area (Å²) in [5, 5.41) is 3.55. The maximum atomic E-state index is 8.29. The first-order valence-electron chi connectivity index (χ1n) is 5.07. The van der Waals surface area contributed by atoms with Crippen molar-refractivity contribution in [1.29, 1.82) is 0 Å². The number of nitrogens with zero attached hydrogens (tertiary/aromatic N) is 3. The van der Waals surface area contributed by atoms with E-state index in [0.29, 0.717) is 5.70 Å². The molecule has 78 valence electrons. The van der Waals surface area contributed by atoms with Gasteiger partial charge >= 0.3 is 0 Å². The number of allylic oxidation sites excluding steroid dienone is 4. The average molecular weight is 209 g/mol. The van der Waals surface area contributed by atoms with Crippen molar-refractivity contribution in [3.63, 3.8) is 0 Å². The van der Waals surface area contributed by atoms with Crippen molar-refractivity contribution in [3.05, 3.63) is 75.8 Å². The van der Waals surface area contributed by atoms with Crippen molar-refractivity contribution < 1.29 is 0 Å². The van der Waals surface area contributed by atoms with E-state index in [-0.39, 0.29) is 0 Å². The van der Waals surface area contributed by atoms with Crippen LogP contribution in [-0.4, -0.2) is 0 Å². The van der Waals surface area contributed by atoms with E-state index in [2.05, 4.69) is 28.2 Å². The van der Waals surface area contributed by atoms with Crippen molar-refractivity contribution in [2.24, 2.45) is 5.11 Å². The van der Waals surface area contributed by atoms with E-state index in [1.54, 1.807) is 0 Å². The Morgan fingerprint density at radius 2 is 2.00 bits per heavy atom. The first kappa shape index (κ1) is 10.3. The number of benzene rings is 1. The SMILES string of the molecule is [N-]=[N+]=NC1=CCC(=Cc2ccccc2)C=C1. The van der Waals surface area contributed by atoms with Crippen molar-refractivity contribution >= 4 is 6.08 Å². The standard InChI is InChI=1S/C13H11N3/c14-16-15-13-8-6-12(7-9-13)10-11-4-2-1-3-5-11/h1-6,8-10H,7H2. The number of hydrogen-bond donors (Lipinski definition) is 0. The van der Waals surface area contributed by atoms with Crippen LogP contribution >= 0.6 is 0 Å². The predicted octanol–water partition coefficient (Wildman–Crippen LogP) is 4.22. The molecule has 0 fully saturated rings. The summed E-state index contributed by atoms with van der Waals surface area (Å²) < 4.78 is 0. The molecule has 1 aliphatic carbocycles. The van der Waals surface area contributed by atoms with Gasteiger partial charge in [0.25, 0.3) is 0 Å². The van der Waals surface area contributed by atoms with Gasteiger partial charge < -0.3 is 0 Å². The van der Waals surface area contributed by atoms with Crippen LogP contribution in [-0.2, 0) is 0 Å². The molecule has 0 amide bonds. The van der Waals surface area contributed by atoms with E-state index in [4.69, 9.17) is 5.53 Å². The summed E-state index contributed by atoms with van der Waals surface area (Å²) in [6, 6.07) is 10.2. The van der Waals surface area contributed by atoms with Gasteiger partial charge in [-0.05, 0) is 23.1 Å². The van der Waals surface area contributed by atoms with Crippen LogP contribution in [0.5, 0.6) is 0 Å². The molecular weight excluding hydrogens is 198 g/mol. The Kier molecular flexibility index (Phi) is 3.22. The highest BCUT2D eigenvalue weighted by Crippen LogP contribution is 2.19. The quantitative estimate of drug-likeness (QED) is 0.397. The second kappa shape index (κ2) is 5.01. The van der Waals surface area contributed by atoms with Gasteiger partial charge in [0.05, 0.1) is 0 Å². The molecular formula is C13H11N3. The topological polar surface area (TPSA) is 48.8 Å². The van der Waals surface area contributed by atoms with Crippen LogP contribution in [0, 0.1) is 0 Å². The maximum absolute atomic E-state index is 8.29. The lowest BCUT2D eigenvalue weighted by Crippen LogP contribution is -1.85. The van der Waals surface area contributed by atoms with Crippen molar-refractivity contribution in [3.8, 4) is 0 Å². The molecule has 1 aromatic carbocycles. The second-order valence-corrected chi connectivity index (χ2v) is 3.49. The summed E-state index contributed by atoms with van der Waals surface area (Å²) in [6.45, 7) is 0. The smallest absolute Gasteiger partial charge is 0.0338 e. The molecule has 1 aromatic rings. The third-order valence-electron chi connectivity index (χ3n) is 2.33. The van der Waals surface area contributed by atoms with Crippen LogP contribution in [0.2, 0.25) is 0 Å². The van der Waals surface area contributed by atoms with E-state index < -0.39 is 0 Å². The molecule has 1 aliphatic rings. The molecule has 0 bridgehead atoms. The molecule has 3 nitrogen and oxygen atoms in total. The third kappa shape index (κ3) is 2.62. The Morgan fingerprint density at radius 1 is 1.19 bits per heavy atom. The van der Waals surface area contributed by atoms with Gasteiger partial charge in [0.15, 0.2) is 0 Å². The summed E-state index contributed by atoms with van der Waals surface area (Å²) in [5.41, 5.74) is 11.4. The average Bonchev–Trinajstić information content (AvgIpc) is 2.33. The van der Waals surface area contributed by atoms with Crippen molar-refractivity contribution in [1.82, 2.24) is 0 Å². The highest BCUT2D eigenvalue weighted by molar-refractivity contribution is 5.57. The monoisotopic (exact) mass is 209 g/mol. The largest absolute Gasteiger partial charge is 0.0706 e. The zero-order chi connectivity index (χ0) is 11.2. The lowest BCUT2D eigenvalue weighted by Gasteiger charge is -2.05. The highest BCUT2D eigenvalue weighted by Gasteiger charge is 1.99. The zero-order valence-corrected chi connectivity index (χ0v) is 8.74. The number of azide groups is 1. The van der Waals surface area contributed by atoms with Gasteiger partial charge in [-0.15, -0.1) is 0 Å². The minimum Gasteiger partial charge on any atom is -0.0706 e. The fourth-order valence-corrected chi connectivity index (χ4v) is 1.55. The van der Waals surface area contributed by atoms with Crippen molar-refractivity contribution in [2.75, 3.05) is 0 Å². The minimum atomic E-state index is 0.688. The van der Waals surface area contributed by atoms with E-state index in [9.17, 15) is 0 Å². The van der Waals surface area contributed by atoms with E-state index in [1.807, 2.05) is 36.4 Å². The Balaban J connectivity index is 2.14. The van der Waals surface area contributed by atoms with Crippen LogP contribution < -0.4 is 0 Å². The molecule has 0 spiro atoms. The Bertz CT molecular complexity index is 503. The summed E-state index contributed by atoms with van der Waals surface area (Å²) >= 11 is 0. The van der Waals surface area contributed by atoms with Crippen LogP contribution in [0.25, 0.3) is 16.5 Å². The molecule has 0 saturated heterocycles. The molecule has 3 heteroatoms. The second-order valence-electron chi connectivity index (χ2n) is 3.49. The fourth-order valence-electron chi connectivity index (χ4n) is 1.55. The van der Waals surface area contributed by atoms with E-state index in [0.717, 1.165) is 6.42 Å². The van der Waals surface area contributed by atoms with Crippen molar-refractivity contribution in [2.45, 2.75) is 6.42 Å². The highest BCUT2D eigenvalue weighted by atomic mass is 15.1. The number of rotatable bonds is 2. The van der Waals surface area contributed by atoms with Gasteiger partial charge in [0, 0.05) is 10.6 Å². The van der Waals surface area contributed by atoms with Crippen LogP contribution in [0.15, 0.2) is 64.9 Å². The molecule has 0 aliphatic heterocycles. The first-order chi connectivity index (χ1) is 7.88. The normalized spacial score (nSPS) is 16.8. The van der Waals surface area contributed by atoms with Gasteiger partial charge in [-0.1, -0.05) is 59.8 Å². The predicted molar refractivity (Wildman–Crippen MR) is 65.4 cm³/mol. The fraction of sp³-hybridized carbons (Fsp3) is 0.0769. The molecule has 0 heterocycles. The molecule has 0 unspecified atom stereocenters. The Hall–Kier alpha value is -2.25. The van der Waals surface area contributed by atoms with Crippen LogP contribution in [0.3, 0.4) is 0 Å². The molecule has 0 atom stereocenters. The Morgan fingerprint density at radius 3 is 2.62 bits per heavy atom. The summed E-state index contributed by atoms with van der Waals surface area (Å²) in [5.74, 6) is 0. The van der Waals surface area contributed by atoms with Crippen LogP contribution in [0.4, 0.5) is 0 Å². The molecule has 0 radical (unpaired) electrons. The molecule has 0 aromatic heterocycles. The summed E-state index contributed by atoms with van der Waals surface area (Å²) in [7, 11) is 0. The zero-order valence-electron chi connectivity index (χ0n) is 8.74. The molecule has 2 rings (SSSR count). The van der Waals surface area contributed by atoms with Gasteiger partial charge in [0.1, 0.15) is 0 Å². The van der Waals surface area contributed by atoms with Gasteiger partial charge in [-0.3, -0.25) is 0 Å². The van der Waals surface area contributed by atoms with Crippen LogP contribution in [0.1, 0.15) is 12.0 Å². The Labute approximate surface area is 94.0 Å². The molecule has 0 saturated carbocycles. The van der Waals surface area contributed by atoms with E-state index in [1.165, 1.54) is 11.1 Å². The summed E-state index contributed by atoms with van der Waals surface area (Å²) in [4.78, 5) is 2.75. The van der Waals surface area contributed by atoms with Gasteiger partial charge in [-0.2, -0.15) is 0 Å². The molecule has 16 heavy (non-hydrogen) atoms. The lowest BCUT2D eigenvalue weighted by atomic mass is 10.0. The van der Waals surface area contributed by atoms with Gasteiger partial charge in [-0.25, -0.2) is 0 Å². The molecule has 0 N–H and O–H groups in total. The van der Waals surface area contributed by atoms with Gasteiger partial charge in [0.2, 0.25) is 0 Å². The van der Waals surface area contributed by atoms with E-state index >= 15 is 0 Å². The maximum Gasteiger partial charge on any atom is 0.0338 e.